The number of benzene rings is 1. The molecule has 2 heterocycles. The number of H-pyrrole nitrogens is 1. The summed E-state index contributed by atoms with van der Waals surface area (Å²) in [5.74, 6) is 0. The van der Waals surface area contributed by atoms with Gasteiger partial charge in [-0.1, -0.05) is 18.2 Å². The first-order valence-electron chi connectivity index (χ1n) is 5.09. The van der Waals surface area contributed by atoms with Crippen molar-refractivity contribution >= 4 is 22.2 Å². The number of fused-ring (bicyclic) bond motifs is 1. The summed E-state index contributed by atoms with van der Waals surface area (Å²) in [6.07, 6.45) is 2.00. The van der Waals surface area contributed by atoms with Gasteiger partial charge in [-0.2, -0.15) is 0 Å². The number of rotatable bonds is 2. The first-order chi connectivity index (χ1) is 7.88. The molecule has 1 aromatic carbocycles. The van der Waals surface area contributed by atoms with Gasteiger partial charge in [-0.05, 0) is 6.07 Å². The molecule has 80 valence electrons. The number of para-hydroxylation sites is 1. The first kappa shape index (κ1) is 9.57. The number of hydrogen-bond acceptors (Lipinski definition) is 3. The van der Waals surface area contributed by atoms with Crippen LogP contribution < -0.4 is 5.73 Å². The van der Waals surface area contributed by atoms with Crippen LogP contribution in [0.2, 0.25) is 0 Å². The highest BCUT2D eigenvalue weighted by Gasteiger charge is 2.08. The van der Waals surface area contributed by atoms with E-state index in [4.69, 9.17) is 5.73 Å². The Morgan fingerprint density at radius 1 is 1.31 bits per heavy atom. The standard InChI is InChI=1S/C12H11N3S/c13-5-12-15-11(7-16-12)9-6-14-10-4-2-1-3-8(9)10/h1-4,6-7,14H,5,13H2. The zero-order valence-corrected chi connectivity index (χ0v) is 9.42. The Morgan fingerprint density at radius 3 is 3.00 bits per heavy atom. The van der Waals surface area contributed by atoms with Gasteiger partial charge in [-0.15, -0.1) is 11.3 Å². The number of hydrogen-bond donors (Lipinski definition) is 2. The molecule has 4 heteroatoms. The first-order valence-corrected chi connectivity index (χ1v) is 5.97. The molecule has 0 radical (unpaired) electrons. The molecule has 0 spiro atoms. The minimum Gasteiger partial charge on any atom is -0.360 e. The van der Waals surface area contributed by atoms with Crippen LogP contribution in [0.1, 0.15) is 5.01 Å². The quantitative estimate of drug-likeness (QED) is 0.710. The average molecular weight is 229 g/mol. The zero-order valence-electron chi connectivity index (χ0n) is 8.60. The zero-order chi connectivity index (χ0) is 11.0. The molecule has 0 atom stereocenters. The van der Waals surface area contributed by atoms with Gasteiger partial charge in [-0.3, -0.25) is 0 Å². The maximum absolute atomic E-state index is 5.57. The van der Waals surface area contributed by atoms with Crippen LogP contribution in [-0.2, 0) is 6.54 Å². The Balaban J connectivity index is 2.18. The van der Waals surface area contributed by atoms with Gasteiger partial charge < -0.3 is 10.7 Å². The van der Waals surface area contributed by atoms with Crippen molar-refractivity contribution in [3.8, 4) is 11.3 Å². The van der Waals surface area contributed by atoms with E-state index in [2.05, 4.69) is 27.5 Å². The second kappa shape index (κ2) is 3.73. The summed E-state index contributed by atoms with van der Waals surface area (Å²) in [7, 11) is 0. The lowest BCUT2D eigenvalue weighted by Gasteiger charge is -1.93. The Bertz CT molecular complexity index is 624. The number of aromatic amines is 1. The van der Waals surface area contributed by atoms with Crippen molar-refractivity contribution < 1.29 is 0 Å². The summed E-state index contributed by atoms with van der Waals surface area (Å²) in [5.41, 5.74) is 8.86. The van der Waals surface area contributed by atoms with E-state index in [1.807, 2.05) is 18.3 Å². The molecule has 3 rings (SSSR count). The van der Waals surface area contributed by atoms with E-state index in [-0.39, 0.29) is 0 Å². The van der Waals surface area contributed by atoms with E-state index in [1.54, 1.807) is 11.3 Å². The lowest BCUT2D eigenvalue weighted by atomic mass is 10.1. The van der Waals surface area contributed by atoms with E-state index in [0.29, 0.717) is 6.54 Å². The van der Waals surface area contributed by atoms with Crippen molar-refractivity contribution in [3.05, 3.63) is 40.8 Å². The van der Waals surface area contributed by atoms with E-state index in [9.17, 15) is 0 Å². The molecule has 3 nitrogen and oxygen atoms in total. The SMILES string of the molecule is NCc1nc(-c2c[nH]c3ccccc23)cs1. The van der Waals surface area contributed by atoms with Gasteiger partial charge >= 0.3 is 0 Å². The van der Waals surface area contributed by atoms with Crippen LogP contribution in [0.25, 0.3) is 22.2 Å². The number of nitrogens with zero attached hydrogens (tertiary/aromatic N) is 1. The largest absolute Gasteiger partial charge is 0.360 e. The Hall–Kier alpha value is -1.65. The minimum absolute atomic E-state index is 0.507. The predicted octanol–water partition coefficient (Wildman–Crippen LogP) is 2.75. The van der Waals surface area contributed by atoms with Crippen molar-refractivity contribution in [1.82, 2.24) is 9.97 Å². The lowest BCUT2D eigenvalue weighted by molar-refractivity contribution is 1.04. The fourth-order valence-electron chi connectivity index (χ4n) is 1.81. The highest BCUT2D eigenvalue weighted by atomic mass is 32.1. The molecule has 0 aliphatic rings. The van der Waals surface area contributed by atoms with E-state index < -0.39 is 0 Å². The molecule has 0 bridgehead atoms. The van der Waals surface area contributed by atoms with Crippen LogP contribution in [0.3, 0.4) is 0 Å². The van der Waals surface area contributed by atoms with Gasteiger partial charge in [0.25, 0.3) is 0 Å². The predicted molar refractivity (Wildman–Crippen MR) is 67.3 cm³/mol. The molecule has 0 saturated carbocycles. The summed E-state index contributed by atoms with van der Waals surface area (Å²) in [6, 6.07) is 8.22. The third kappa shape index (κ3) is 1.43. The van der Waals surface area contributed by atoms with Gasteiger partial charge in [0.2, 0.25) is 0 Å². The number of nitrogens with one attached hydrogen (secondary N) is 1. The van der Waals surface area contributed by atoms with Crippen LogP contribution in [0.15, 0.2) is 35.8 Å². The monoisotopic (exact) mass is 229 g/mol. The Labute approximate surface area is 96.9 Å². The third-order valence-electron chi connectivity index (χ3n) is 2.59. The fraction of sp³-hybridized carbons (Fsp3) is 0.0833. The summed E-state index contributed by atoms with van der Waals surface area (Å²) >= 11 is 1.61. The minimum atomic E-state index is 0.507. The van der Waals surface area contributed by atoms with Crippen molar-refractivity contribution in [2.45, 2.75) is 6.54 Å². The van der Waals surface area contributed by atoms with Gasteiger partial charge in [0.15, 0.2) is 0 Å². The highest BCUT2D eigenvalue weighted by Crippen LogP contribution is 2.29. The van der Waals surface area contributed by atoms with Crippen LogP contribution >= 0.6 is 11.3 Å². The smallest absolute Gasteiger partial charge is 0.107 e. The molecular formula is C12H11N3S. The van der Waals surface area contributed by atoms with Gasteiger partial charge in [0.05, 0.1) is 5.69 Å². The molecule has 0 saturated heterocycles. The molecule has 0 aliphatic carbocycles. The van der Waals surface area contributed by atoms with Gasteiger partial charge in [-0.25, -0.2) is 4.98 Å². The summed E-state index contributed by atoms with van der Waals surface area (Å²) in [5, 5.41) is 4.23. The van der Waals surface area contributed by atoms with Crippen LogP contribution in [-0.4, -0.2) is 9.97 Å². The second-order valence-corrected chi connectivity index (χ2v) is 4.52. The molecule has 3 N–H and O–H groups in total. The Kier molecular flexibility index (Phi) is 2.23. The lowest BCUT2D eigenvalue weighted by Crippen LogP contribution is -1.94. The maximum Gasteiger partial charge on any atom is 0.107 e. The summed E-state index contributed by atoms with van der Waals surface area (Å²) < 4.78 is 0. The van der Waals surface area contributed by atoms with E-state index in [0.717, 1.165) is 21.8 Å². The molecule has 2 aromatic heterocycles. The summed E-state index contributed by atoms with van der Waals surface area (Å²) in [6.45, 7) is 0.507. The molecule has 0 amide bonds. The molecule has 3 aromatic rings. The molecule has 0 fully saturated rings. The molecule has 16 heavy (non-hydrogen) atoms. The normalized spacial score (nSPS) is 11.1. The molecule has 0 aliphatic heterocycles. The van der Waals surface area contributed by atoms with Crippen LogP contribution in [0, 0.1) is 0 Å². The van der Waals surface area contributed by atoms with Crippen LogP contribution in [0.4, 0.5) is 0 Å². The third-order valence-corrected chi connectivity index (χ3v) is 3.46. The van der Waals surface area contributed by atoms with Gasteiger partial charge in [0.1, 0.15) is 5.01 Å². The second-order valence-electron chi connectivity index (χ2n) is 3.58. The van der Waals surface area contributed by atoms with Crippen LogP contribution in [0.5, 0.6) is 0 Å². The van der Waals surface area contributed by atoms with Crippen molar-refractivity contribution in [2.75, 3.05) is 0 Å². The number of thiazole rings is 1. The molecule has 0 unspecified atom stereocenters. The fourth-order valence-corrected chi connectivity index (χ4v) is 2.49. The Morgan fingerprint density at radius 2 is 2.19 bits per heavy atom. The van der Waals surface area contributed by atoms with Gasteiger partial charge in [0, 0.05) is 34.6 Å². The van der Waals surface area contributed by atoms with E-state index in [1.165, 1.54) is 5.39 Å². The van der Waals surface area contributed by atoms with Crippen molar-refractivity contribution in [3.63, 3.8) is 0 Å². The number of aromatic nitrogens is 2. The maximum atomic E-state index is 5.57. The average Bonchev–Trinajstić information content (AvgIpc) is 2.94. The summed E-state index contributed by atoms with van der Waals surface area (Å²) in [4.78, 5) is 7.74. The molecular weight excluding hydrogens is 218 g/mol. The highest BCUT2D eigenvalue weighted by molar-refractivity contribution is 7.09. The van der Waals surface area contributed by atoms with E-state index >= 15 is 0 Å². The van der Waals surface area contributed by atoms with Crippen molar-refractivity contribution in [2.24, 2.45) is 5.73 Å². The topological polar surface area (TPSA) is 54.7 Å². The number of nitrogens with two attached hydrogens (primary N) is 1. The van der Waals surface area contributed by atoms with Crippen molar-refractivity contribution in [1.29, 1.82) is 0 Å².